The van der Waals surface area contributed by atoms with E-state index in [1.54, 1.807) is 11.8 Å². The van der Waals surface area contributed by atoms with Crippen LogP contribution in [0.3, 0.4) is 0 Å². The number of hydrogen-bond donors (Lipinski definition) is 2. The molecule has 12 heteroatoms. The summed E-state index contributed by atoms with van der Waals surface area (Å²) < 4.78 is 9.53. The summed E-state index contributed by atoms with van der Waals surface area (Å²) >= 11 is 2.31. The molecule has 1 unspecified atom stereocenters. The number of fused-ring (bicyclic) bond motifs is 1. The van der Waals surface area contributed by atoms with Crippen LogP contribution >= 0.6 is 28.4 Å². The molecule has 3 heterocycles. The van der Waals surface area contributed by atoms with Crippen LogP contribution in [0.15, 0.2) is 30.6 Å². The van der Waals surface area contributed by atoms with Gasteiger partial charge in [0, 0.05) is 12.0 Å². The largest absolute Gasteiger partial charge is 0.492 e. The zero-order valence-corrected chi connectivity index (χ0v) is 21.4. The Balaban J connectivity index is 1.61. The number of amides is 1. The molecule has 0 bridgehead atoms. The summed E-state index contributed by atoms with van der Waals surface area (Å²) in [5.74, 6) is 2.82. The highest BCUT2D eigenvalue weighted by Gasteiger charge is 2.30. The number of anilines is 3. The number of carbonyl (C=O) groups is 1. The molecule has 5 rings (SSSR count). The topological polar surface area (TPSA) is 112 Å². The molecule has 1 aliphatic rings. The van der Waals surface area contributed by atoms with E-state index in [2.05, 4.69) is 42.8 Å². The molecule has 1 saturated carbocycles. The van der Waals surface area contributed by atoms with Gasteiger partial charge in [-0.15, -0.1) is 0 Å². The van der Waals surface area contributed by atoms with Gasteiger partial charge < -0.3 is 15.4 Å². The van der Waals surface area contributed by atoms with Crippen molar-refractivity contribution < 1.29 is 9.53 Å². The summed E-state index contributed by atoms with van der Waals surface area (Å²) in [6.07, 6.45) is 3.79. The molecule has 2 N–H and O–H groups in total. The second-order valence-electron chi connectivity index (χ2n) is 7.77. The Morgan fingerprint density at radius 2 is 2.03 bits per heavy atom. The first-order valence-corrected chi connectivity index (χ1v) is 14.4. The van der Waals surface area contributed by atoms with Gasteiger partial charge in [-0.2, -0.15) is 5.10 Å². The van der Waals surface area contributed by atoms with E-state index in [0.29, 0.717) is 17.9 Å². The first kappa shape index (κ1) is 22.0. The fourth-order valence-corrected chi connectivity index (χ4v) is 5.82. The smallest absolute Gasteiger partial charge is 0.228 e. The zero-order valence-electron chi connectivity index (χ0n) is 18.3. The first-order chi connectivity index (χ1) is 16.0. The molecule has 33 heavy (non-hydrogen) atoms. The number of hydrogen-bond acceptors (Lipinski definition) is 7. The molecule has 0 radical (unpaired) electrons. The van der Waals surface area contributed by atoms with Crippen molar-refractivity contribution in [3.8, 4) is 11.4 Å². The molecule has 1 amide bonds. The van der Waals surface area contributed by atoms with Crippen molar-refractivity contribution >= 4 is 62.7 Å². The Kier molecular flexibility index (Phi) is 5.92. The molecule has 170 valence electrons. The van der Waals surface area contributed by atoms with Crippen molar-refractivity contribution in [1.82, 2.24) is 29.1 Å². The van der Waals surface area contributed by atoms with Crippen LogP contribution < -0.4 is 15.4 Å². The number of benzene rings is 1. The van der Waals surface area contributed by atoms with Crippen molar-refractivity contribution in [2.75, 3.05) is 17.7 Å². The van der Waals surface area contributed by atoms with Crippen LogP contribution in [-0.2, 0) is 4.79 Å². The van der Waals surface area contributed by atoms with Crippen molar-refractivity contribution in [1.29, 1.82) is 0 Å². The van der Waals surface area contributed by atoms with E-state index in [1.807, 2.05) is 42.5 Å². The quantitative estimate of drug-likeness (QED) is 0.246. The third-order valence-electron chi connectivity index (χ3n) is 5.48. The molecular formula is C21H22IN8O2P. The summed E-state index contributed by atoms with van der Waals surface area (Å²) in [4.78, 5) is 26.1. The van der Waals surface area contributed by atoms with E-state index in [9.17, 15) is 4.79 Å². The minimum Gasteiger partial charge on any atom is -0.492 e. The van der Waals surface area contributed by atoms with Crippen LogP contribution in [0, 0.1) is 19.8 Å². The number of para-hydroxylation sites is 1. The lowest BCUT2D eigenvalue weighted by molar-refractivity contribution is -0.117. The molecule has 0 saturated heterocycles. The lowest BCUT2D eigenvalue weighted by Gasteiger charge is -2.16. The number of carbonyl (C=O) groups excluding carboxylic acids is 1. The predicted octanol–water partition coefficient (Wildman–Crippen LogP) is 4.52. The average Bonchev–Trinajstić information content (AvgIpc) is 3.49. The summed E-state index contributed by atoms with van der Waals surface area (Å²) in [5, 5.41) is 10.7. The Morgan fingerprint density at radius 1 is 1.21 bits per heavy atom. The second-order valence-corrected chi connectivity index (χ2v) is 9.84. The van der Waals surface area contributed by atoms with Crippen LogP contribution in [0.1, 0.15) is 24.5 Å². The van der Waals surface area contributed by atoms with Crippen LogP contribution in [0.25, 0.3) is 16.9 Å². The number of nitrogens with zero attached hydrogens (tertiary/aromatic N) is 6. The molecule has 0 aliphatic heterocycles. The number of aryl methyl sites for hydroxylation is 2. The number of rotatable bonds is 7. The molecule has 1 aromatic carbocycles. The van der Waals surface area contributed by atoms with E-state index >= 15 is 0 Å². The van der Waals surface area contributed by atoms with Crippen molar-refractivity contribution in [3.63, 3.8) is 0 Å². The Labute approximate surface area is 204 Å². The van der Waals surface area contributed by atoms with Gasteiger partial charge in [0.15, 0.2) is 11.4 Å². The van der Waals surface area contributed by atoms with E-state index in [1.165, 1.54) is 6.33 Å². The van der Waals surface area contributed by atoms with Crippen LogP contribution in [0.4, 0.5) is 17.2 Å². The number of imidazole rings is 1. The highest BCUT2D eigenvalue weighted by Crippen LogP contribution is 2.39. The lowest BCUT2D eigenvalue weighted by Crippen LogP contribution is -2.14. The maximum Gasteiger partial charge on any atom is 0.228 e. The van der Waals surface area contributed by atoms with Gasteiger partial charge in [-0.25, -0.2) is 19.6 Å². The summed E-state index contributed by atoms with van der Waals surface area (Å²) in [7, 11) is 1.62. The van der Waals surface area contributed by atoms with Gasteiger partial charge in [-0.3, -0.25) is 9.13 Å². The van der Waals surface area contributed by atoms with Gasteiger partial charge >= 0.3 is 0 Å². The fourth-order valence-electron chi connectivity index (χ4n) is 3.68. The molecule has 0 spiro atoms. The standard InChI is InChI=1S/C21H22IN8O2P/c1-11-23-10-24-29(11)16-6-4-5-14(19(16)32-3)26-15-9-17(28-21(31)13-7-8-13)27-20-18(15)25-12(2)30(20)33-22/h4-6,9-10,13,33H,7-8H2,1-3H3,(H2,26,27,28,31). The number of methoxy groups -OCH3 is 1. The van der Waals surface area contributed by atoms with Gasteiger partial charge in [0.1, 0.15) is 35.0 Å². The Morgan fingerprint density at radius 3 is 2.70 bits per heavy atom. The molecule has 1 aliphatic carbocycles. The van der Waals surface area contributed by atoms with Crippen LogP contribution in [0.5, 0.6) is 5.75 Å². The van der Waals surface area contributed by atoms with E-state index in [4.69, 9.17) is 14.7 Å². The zero-order chi connectivity index (χ0) is 23.1. The highest BCUT2D eigenvalue weighted by molar-refractivity contribution is 14.2. The Hall–Kier alpha value is -2.79. The SMILES string of the molecule is COc1c(Nc2cc(NC(=O)C3CC3)nc3c2nc(C)n3PI)cccc1-n1ncnc1C. The number of halogens is 1. The molecule has 3 aromatic heterocycles. The van der Waals surface area contributed by atoms with E-state index < -0.39 is 0 Å². The van der Waals surface area contributed by atoms with Crippen molar-refractivity contribution in [3.05, 3.63) is 42.2 Å². The third-order valence-corrected chi connectivity index (χ3v) is 7.63. The van der Waals surface area contributed by atoms with E-state index in [0.717, 1.165) is 52.7 Å². The summed E-state index contributed by atoms with van der Waals surface area (Å²) in [6.45, 7) is 3.84. The summed E-state index contributed by atoms with van der Waals surface area (Å²) in [5.41, 5.74) is 3.68. The monoisotopic (exact) mass is 576 g/mol. The van der Waals surface area contributed by atoms with Gasteiger partial charge in [0.2, 0.25) is 5.91 Å². The fraction of sp³-hybridized carbons (Fsp3) is 0.286. The van der Waals surface area contributed by atoms with Crippen LogP contribution in [0.2, 0.25) is 0 Å². The maximum absolute atomic E-state index is 12.4. The number of ether oxygens (including phenoxy) is 1. The highest BCUT2D eigenvalue weighted by atomic mass is 127. The normalized spacial score (nSPS) is 13.7. The van der Waals surface area contributed by atoms with Crippen LogP contribution in [-0.4, -0.2) is 42.1 Å². The molecule has 1 fully saturated rings. The number of nitrogens with one attached hydrogen (secondary N) is 2. The minimum atomic E-state index is 0.00810. The van der Waals surface area contributed by atoms with Gasteiger partial charge in [0.25, 0.3) is 0 Å². The summed E-state index contributed by atoms with van der Waals surface area (Å²) in [6, 6.07) is 7.59. The number of aromatic nitrogens is 6. The lowest BCUT2D eigenvalue weighted by atomic mass is 10.2. The van der Waals surface area contributed by atoms with E-state index in [-0.39, 0.29) is 11.8 Å². The predicted molar refractivity (Wildman–Crippen MR) is 137 cm³/mol. The maximum atomic E-state index is 12.4. The van der Waals surface area contributed by atoms with Gasteiger partial charge in [0.05, 0.1) is 24.9 Å². The molecule has 1 atom stereocenters. The van der Waals surface area contributed by atoms with Crippen molar-refractivity contribution in [2.45, 2.75) is 26.7 Å². The molecule has 4 aromatic rings. The first-order valence-electron chi connectivity index (χ1n) is 10.4. The van der Waals surface area contributed by atoms with Gasteiger partial charge in [-0.1, -0.05) is 6.07 Å². The number of pyridine rings is 1. The molecular weight excluding hydrogens is 554 g/mol. The second kappa shape index (κ2) is 8.86. The minimum absolute atomic E-state index is 0.00810. The third kappa shape index (κ3) is 4.15. The average molecular weight is 576 g/mol. The van der Waals surface area contributed by atoms with Gasteiger partial charge in [-0.05, 0) is 60.9 Å². The van der Waals surface area contributed by atoms with Crippen molar-refractivity contribution in [2.24, 2.45) is 5.92 Å². The molecule has 10 nitrogen and oxygen atoms in total. The Bertz CT molecular complexity index is 1360.